The zero-order valence-electron chi connectivity index (χ0n) is 16.6. The van der Waals surface area contributed by atoms with E-state index in [2.05, 4.69) is 0 Å². The van der Waals surface area contributed by atoms with Crippen molar-refractivity contribution in [2.24, 2.45) is 0 Å². The molecule has 0 radical (unpaired) electrons. The van der Waals surface area contributed by atoms with E-state index in [0.717, 1.165) is 29.7 Å². The molecule has 1 aromatic heterocycles. The number of nitrogens with zero attached hydrogens (tertiary/aromatic N) is 2. The number of methoxy groups -OCH3 is 1. The highest BCUT2D eigenvalue weighted by Gasteiger charge is 2.35. The van der Waals surface area contributed by atoms with Crippen LogP contribution in [0, 0.1) is 0 Å². The molecule has 0 N–H and O–H groups in total. The minimum absolute atomic E-state index is 0.0142. The number of hydrogen-bond donors (Lipinski definition) is 0. The SMILES string of the molecule is COc1cccc2sc(N(CC3CCCO3)C(=O)C3COc4ccccc4O3)nc12. The molecule has 7 nitrogen and oxygen atoms in total. The zero-order chi connectivity index (χ0) is 20.5. The summed E-state index contributed by atoms with van der Waals surface area (Å²) in [4.78, 5) is 19.9. The molecule has 5 rings (SSSR count). The summed E-state index contributed by atoms with van der Waals surface area (Å²) in [5.74, 6) is 1.73. The van der Waals surface area contributed by atoms with Gasteiger partial charge in [0.15, 0.2) is 16.6 Å². The van der Waals surface area contributed by atoms with Crippen LogP contribution in [0.5, 0.6) is 17.2 Å². The van der Waals surface area contributed by atoms with Crippen LogP contribution in [0.4, 0.5) is 5.13 Å². The van der Waals surface area contributed by atoms with E-state index in [0.29, 0.717) is 28.9 Å². The van der Waals surface area contributed by atoms with Gasteiger partial charge in [-0.2, -0.15) is 0 Å². The smallest absolute Gasteiger partial charge is 0.273 e. The molecule has 2 aliphatic rings. The van der Waals surface area contributed by atoms with E-state index in [1.54, 1.807) is 12.0 Å². The summed E-state index contributed by atoms with van der Waals surface area (Å²) in [5, 5.41) is 0.609. The number of anilines is 1. The molecule has 3 heterocycles. The van der Waals surface area contributed by atoms with Gasteiger partial charge in [-0.15, -0.1) is 0 Å². The van der Waals surface area contributed by atoms with Crippen molar-refractivity contribution in [3.63, 3.8) is 0 Å². The van der Waals surface area contributed by atoms with Gasteiger partial charge < -0.3 is 18.9 Å². The van der Waals surface area contributed by atoms with Crippen molar-refractivity contribution in [2.75, 3.05) is 31.8 Å². The zero-order valence-corrected chi connectivity index (χ0v) is 17.4. The molecule has 3 aromatic rings. The fraction of sp³-hybridized carbons (Fsp3) is 0.364. The first-order chi connectivity index (χ1) is 14.7. The first kappa shape index (κ1) is 19.1. The van der Waals surface area contributed by atoms with Gasteiger partial charge in [0.1, 0.15) is 17.9 Å². The third-order valence-electron chi connectivity index (χ3n) is 5.28. The molecule has 1 amide bonds. The van der Waals surface area contributed by atoms with Crippen LogP contribution >= 0.6 is 11.3 Å². The second kappa shape index (κ2) is 8.12. The summed E-state index contributed by atoms with van der Waals surface area (Å²) >= 11 is 1.46. The van der Waals surface area contributed by atoms with Gasteiger partial charge in [0.25, 0.3) is 5.91 Å². The van der Waals surface area contributed by atoms with Crippen LogP contribution < -0.4 is 19.1 Å². The predicted octanol–water partition coefficient (Wildman–Crippen LogP) is 3.66. The number of benzene rings is 2. The van der Waals surface area contributed by atoms with Crippen molar-refractivity contribution < 1.29 is 23.7 Å². The van der Waals surface area contributed by atoms with Gasteiger partial charge in [-0.05, 0) is 37.1 Å². The van der Waals surface area contributed by atoms with Crippen LogP contribution in [0.25, 0.3) is 10.2 Å². The van der Waals surface area contributed by atoms with Crippen LogP contribution in [0.3, 0.4) is 0 Å². The Bertz CT molecular complexity index is 1060. The van der Waals surface area contributed by atoms with Crippen molar-refractivity contribution in [1.82, 2.24) is 4.98 Å². The summed E-state index contributed by atoms with van der Waals surface area (Å²) in [7, 11) is 1.62. The fourth-order valence-corrected chi connectivity index (χ4v) is 4.76. The third kappa shape index (κ3) is 3.57. The number of rotatable bonds is 5. The van der Waals surface area contributed by atoms with E-state index < -0.39 is 6.10 Å². The first-order valence-corrected chi connectivity index (χ1v) is 10.8. The van der Waals surface area contributed by atoms with Gasteiger partial charge in [-0.1, -0.05) is 29.5 Å². The lowest BCUT2D eigenvalue weighted by Crippen LogP contribution is -2.48. The topological polar surface area (TPSA) is 70.1 Å². The molecule has 2 atom stereocenters. The van der Waals surface area contributed by atoms with Gasteiger partial charge in [-0.3, -0.25) is 9.69 Å². The van der Waals surface area contributed by atoms with Crippen molar-refractivity contribution in [2.45, 2.75) is 25.0 Å². The Morgan fingerprint density at radius 3 is 2.90 bits per heavy atom. The normalized spacial score (nSPS) is 20.3. The molecule has 0 bridgehead atoms. The number of thiazole rings is 1. The lowest BCUT2D eigenvalue weighted by molar-refractivity contribution is -0.128. The van der Waals surface area contributed by atoms with Crippen LogP contribution in [0.2, 0.25) is 0 Å². The summed E-state index contributed by atoms with van der Waals surface area (Å²) in [6.45, 7) is 1.31. The average Bonchev–Trinajstić information content (AvgIpc) is 3.46. The molecule has 8 heteroatoms. The molecule has 0 saturated carbocycles. The molecular formula is C22H22N2O5S. The maximum absolute atomic E-state index is 13.5. The largest absolute Gasteiger partial charge is 0.494 e. The molecule has 0 spiro atoms. The molecule has 2 aromatic carbocycles. The molecule has 30 heavy (non-hydrogen) atoms. The monoisotopic (exact) mass is 426 g/mol. The Balaban J connectivity index is 1.47. The fourth-order valence-electron chi connectivity index (χ4n) is 3.76. The summed E-state index contributed by atoms with van der Waals surface area (Å²) in [6, 6.07) is 13.1. The Morgan fingerprint density at radius 1 is 1.23 bits per heavy atom. The Morgan fingerprint density at radius 2 is 2.10 bits per heavy atom. The van der Waals surface area contributed by atoms with Crippen LogP contribution in [-0.4, -0.2) is 50.0 Å². The van der Waals surface area contributed by atoms with Crippen molar-refractivity contribution in [1.29, 1.82) is 0 Å². The maximum atomic E-state index is 13.5. The molecule has 1 fully saturated rings. The van der Waals surface area contributed by atoms with E-state index >= 15 is 0 Å². The molecule has 2 unspecified atom stereocenters. The summed E-state index contributed by atoms with van der Waals surface area (Å²) in [5.41, 5.74) is 0.747. The Hall–Kier alpha value is -2.84. The van der Waals surface area contributed by atoms with E-state index in [9.17, 15) is 4.79 Å². The summed E-state index contributed by atoms with van der Waals surface area (Å²) < 4.78 is 23.9. The van der Waals surface area contributed by atoms with Crippen LogP contribution in [-0.2, 0) is 9.53 Å². The number of para-hydroxylation sites is 3. The standard InChI is InChI=1S/C22H22N2O5S/c1-26-17-9-4-10-19-20(17)23-22(30-19)24(12-14-6-5-11-27-14)21(25)18-13-28-15-7-2-3-8-16(15)29-18/h2-4,7-10,14,18H,5-6,11-13H2,1H3. The Labute approximate surface area is 178 Å². The quantitative estimate of drug-likeness (QED) is 0.620. The number of carbonyl (C=O) groups excluding carboxylic acids is 1. The van der Waals surface area contributed by atoms with Gasteiger partial charge in [0.2, 0.25) is 6.10 Å². The summed E-state index contributed by atoms with van der Waals surface area (Å²) in [6.07, 6.45) is 1.16. The third-order valence-corrected chi connectivity index (χ3v) is 6.33. The predicted molar refractivity (Wildman–Crippen MR) is 114 cm³/mol. The van der Waals surface area contributed by atoms with E-state index in [1.807, 2.05) is 42.5 Å². The molecule has 1 saturated heterocycles. The van der Waals surface area contributed by atoms with E-state index in [-0.39, 0.29) is 18.6 Å². The number of ether oxygens (including phenoxy) is 4. The van der Waals surface area contributed by atoms with Crippen molar-refractivity contribution in [3.8, 4) is 17.2 Å². The molecular weight excluding hydrogens is 404 g/mol. The van der Waals surface area contributed by atoms with Crippen LogP contribution in [0.1, 0.15) is 12.8 Å². The highest BCUT2D eigenvalue weighted by Crippen LogP contribution is 2.36. The second-order valence-corrected chi connectivity index (χ2v) is 8.26. The number of aromatic nitrogens is 1. The second-order valence-electron chi connectivity index (χ2n) is 7.25. The average molecular weight is 426 g/mol. The number of amides is 1. The number of carbonyl (C=O) groups is 1. The lowest BCUT2D eigenvalue weighted by Gasteiger charge is -2.30. The van der Waals surface area contributed by atoms with E-state index in [1.165, 1.54) is 11.3 Å². The Kier molecular flexibility index (Phi) is 5.18. The number of fused-ring (bicyclic) bond motifs is 2. The molecule has 2 aliphatic heterocycles. The molecule has 156 valence electrons. The van der Waals surface area contributed by atoms with Crippen molar-refractivity contribution in [3.05, 3.63) is 42.5 Å². The minimum atomic E-state index is -0.741. The van der Waals surface area contributed by atoms with Crippen LogP contribution in [0.15, 0.2) is 42.5 Å². The lowest BCUT2D eigenvalue weighted by atomic mass is 10.2. The first-order valence-electron chi connectivity index (χ1n) is 9.98. The highest BCUT2D eigenvalue weighted by atomic mass is 32.1. The van der Waals surface area contributed by atoms with E-state index in [4.69, 9.17) is 23.9 Å². The van der Waals surface area contributed by atoms with Crippen molar-refractivity contribution >= 4 is 32.6 Å². The number of hydrogen-bond acceptors (Lipinski definition) is 7. The highest BCUT2D eigenvalue weighted by molar-refractivity contribution is 7.22. The minimum Gasteiger partial charge on any atom is -0.494 e. The van der Waals surface area contributed by atoms with Gasteiger partial charge in [0.05, 0.1) is 24.5 Å². The van der Waals surface area contributed by atoms with Gasteiger partial charge in [0, 0.05) is 6.61 Å². The van der Waals surface area contributed by atoms with Gasteiger partial charge in [-0.25, -0.2) is 4.98 Å². The maximum Gasteiger partial charge on any atom is 0.273 e. The molecule has 0 aliphatic carbocycles. The van der Waals surface area contributed by atoms with Gasteiger partial charge >= 0.3 is 0 Å².